The molecule has 2 nitrogen and oxygen atoms in total. The topological polar surface area (TPSA) is 43.1 Å². The largest absolute Gasteiger partial charge is 0.399 e. The summed E-state index contributed by atoms with van der Waals surface area (Å²) < 4.78 is 12.3. The molecule has 2 aromatic carbocycles. The van der Waals surface area contributed by atoms with Gasteiger partial charge < -0.3 is 5.73 Å². The van der Waals surface area contributed by atoms with Crippen LogP contribution in [0.25, 0.3) is 0 Å². The van der Waals surface area contributed by atoms with Crippen LogP contribution in [-0.4, -0.2) is 4.21 Å². The average molecular weight is 280 g/mol. The van der Waals surface area contributed by atoms with Crippen LogP contribution < -0.4 is 5.73 Å². The van der Waals surface area contributed by atoms with Gasteiger partial charge in [-0.3, -0.25) is 4.21 Å². The van der Waals surface area contributed by atoms with Crippen molar-refractivity contribution in [3.8, 4) is 0 Å². The van der Waals surface area contributed by atoms with Gasteiger partial charge in [-0.15, -0.1) is 0 Å². The highest BCUT2D eigenvalue weighted by atomic mass is 35.5. The molecule has 0 amide bonds. The van der Waals surface area contributed by atoms with Crippen molar-refractivity contribution in [2.75, 3.05) is 5.73 Å². The molecular formula is C14H14ClNOS. The van der Waals surface area contributed by atoms with E-state index in [4.69, 9.17) is 17.3 Å². The van der Waals surface area contributed by atoms with Crippen molar-refractivity contribution in [3.63, 3.8) is 0 Å². The zero-order valence-electron chi connectivity index (χ0n) is 10.0. The van der Waals surface area contributed by atoms with Crippen molar-refractivity contribution in [3.05, 3.63) is 58.6 Å². The average Bonchev–Trinajstić information content (AvgIpc) is 2.35. The van der Waals surface area contributed by atoms with E-state index in [1.165, 1.54) is 0 Å². The molecule has 18 heavy (non-hydrogen) atoms. The summed E-state index contributed by atoms with van der Waals surface area (Å²) in [6.45, 7) is 1.94. The second-order valence-corrected chi connectivity index (χ2v) is 6.00. The predicted octanol–water partition coefficient (Wildman–Crippen LogP) is 3.54. The van der Waals surface area contributed by atoms with E-state index in [1.807, 2.05) is 31.2 Å². The zero-order chi connectivity index (χ0) is 13.1. The van der Waals surface area contributed by atoms with Crippen LogP contribution in [-0.2, 0) is 16.6 Å². The third-order valence-electron chi connectivity index (χ3n) is 2.67. The van der Waals surface area contributed by atoms with Gasteiger partial charge in [-0.05, 0) is 42.3 Å². The monoisotopic (exact) mass is 279 g/mol. The van der Waals surface area contributed by atoms with Gasteiger partial charge in [0, 0.05) is 15.6 Å². The van der Waals surface area contributed by atoms with Gasteiger partial charge in [-0.25, -0.2) is 0 Å². The Morgan fingerprint density at radius 3 is 2.50 bits per heavy atom. The van der Waals surface area contributed by atoms with Crippen LogP contribution >= 0.6 is 11.6 Å². The standard InChI is InChI=1S/C14H14ClNOS/c1-10-2-7-13(16)8-14(10)18(17)9-11-3-5-12(15)6-4-11/h2-8H,9,16H2,1H3. The number of benzene rings is 2. The minimum Gasteiger partial charge on any atom is -0.399 e. The SMILES string of the molecule is Cc1ccc(N)cc1S(=O)Cc1ccc(Cl)cc1. The number of rotatable bonds is 3. The normalized spacial score (nSPS) is 12.3. The van der Waals surface area contributed by atoms with Crippen molar-refractivity contribution < 1.29 is 4.21 Å². The van der Waals surface area contributed by atoms with Crippen LogP contribution in [0, 0.1) is 6.92 Å². The van der Waals surface area contributed by atoms with Crippen LogP contribution in [0.3, 0.4) is 0 Å². The highest BCUT2D eigenvalue weighted by molar-refractivity contribution is 7.84. The van der Waals surface area contributed by atoms with E-state index in [9.17, 15) is 4.21 Å². The number of aryl methyl sites for hydroxylation is 1. The number of hydrogen-bond donors (Lipinski definition) is 1. The highest BCUT2D eigenvalue weighted by Gasteiger charge is 2.08. The molecule has 0 aromatic heterocycles. The minimum atomic E-state index is -1.09. The van der Waals surface area contributed by atoms with Gasteiger partial charge in [-0.1, -0.05) is 29.8 Å². The lowest BCUT2D eigenvalue weighted by molar-refractivity contribution is 0.682. The summed E-state index contributed by atoms with van der Waals surface area (Å²) in [4.78, 5) is 0.796. The number of nitrogen functional groups attached to an aromatic ring is 1. The Morgan fingerprint density at radius 1 is 1.17 bits per heavy atom. The first kappa shape index (κ1) is 13.1. The Hall–Kier alpha value is -1.32. The smallest absolute Gasteiger partial charge is 0.0577 e. The fourth-order valence-corrected chi connectivity index (χ4v) is 3.14. The van der Waals surface area contributed by atoms with Crippen molar-refractivity contribution in [1.82, 2.24) is 0 Å². The second-order valence-electron chi connectivity index (χ2n) is 4.14. The first-order valence-electron chi connectivity index (χ1n) is 5.55. The maximum Gasteiger partial charge on any atom is 0.0577 e. The van der Waals surface area contributed by atoms with Gasteiger partial charge in [-0.2, -0.15) is 0 Å². The summed E-state index contributed by atoms with van der Waals surface area (Å²) in [5, 5.41) is 0.685. The molecule has 0 aliphatic carbocycles. The van der Waals surface area contributed by atoms with Gasteiger partial charge in [0.1, 0.15) is 0 Å². The van der Waals surface area contributed by atoms with E-state index >= 15 is 0 Å². The first-order valence-corrected chi connectivity index (χ1v) is 7.25. The minimum absolute atomic E-state index is 0.474. The van der Waals surface area contributed by atoms with E-state index < -0.39 is 10.8 Å². The molecule has 1 atom stereocenters. The molecule has 0 aliphatic heterocycles. The van der Waals surface area contributed by atoms with Crippen molar-refractivity contribution in [2.24, 2.45) is 0 Å². The second kappa shape index (κ2) is 5.55. The number of anilines is 1. The molecular weight excluding hydrogens is 266 g/mol. The molecule has 4 heteroatoms. The Bertz CT molecular complexity index is 581. The molecule has 0 aliphatic rings. The lowest BCUT2D eigenvalue weighted by atomic mass is 10.2. The van der Waals surface area contributed by atoms with Gasteiger partial charge in [0.15, 0.2) is 0 Å². The van der Waals surface area contributed by atoms with E-state index in [0.29, 0.717) is 16.5 Å². The molecule has 0 heterocycles. The molecule has 0 bridgehead atoms. The van der Waals surface area contributed by atoms with E-state index in [1.54, 1.807) is 18.2 Å². The Balaban J connectivity index is 2.21. The molecule has 2 N–H and O–H groups in total. The summed E-state index contributed by atoms with van der Waals surface area (Å²) in [6, 6.07) is 12.9. The van der Waals surface area contributed by atoms with Crippen LogP contribution in [0.2, 0.25) is 5.02 Å². The zero-order valence-corrected chi connectivity index (χ0v) is 11.6. The van der Waals surface area contributed by atoms with Crippen LogP contribution in [0.15, 0.2) is 47.4 Å². The lowest BCUT2D eigenvalue weighted by Gasteiger charge is -2.07. The molecule has 94 valence electrons. The van der Waals surface area contributed by atoms with Crippen LogP contribution in [0.4, 0.5) is 5.69 Å². The summed E-state index contributed by atoms with van der Waals surface area (Å²) in [6.07, 6.45) is 0. The molecule has 2 aromatic rings. The molecule has 0 radical (unpaired) electrons. The summed E-state index contributed by atoms with van der Waals surface area (Å²) in [5.41, 5.74) is 8.36. The molecule has 0 saturated carbocycles. The fourth-order valence-electron chi connectivity index (χ4n) is 1.67. The summed E-state index contributed by atoms with van der Waals surface area (Å²) >= 11 is 5.82. The Morgan fingerprint density at radius 2 is 1.83 bits per heavy atom. The summed E-state index contributed by atoms with van der Waals surface area (Å²) in [7, 11) is -1.09. The molecule has 0 saturated heterocycles. The third-order valence-corrected chi connectivity index (χ3v) is 4.45. The molecule has 2 rings (SSSR count). The number of nitrogens with two attached hydrogens (primary N) is 1. The van der Waals surface area contributed by atoms with Crippen LogP contribution in [0.1, 0.15) is 11.1 Å². The van der Waals surface area contributed by atoms with Gasteiger partial charge in [0.2, 0.25) is 0 Å². The van der Waals surface area contributed by atoms with Crippen molar-refractivity contribution in [2.45, 2.75) is 17.6 Å². The van der Waals surface area contributed by atoms with E-state index in [0.717, 1.165) is 16.0 Å². The van der Waals surface area contributed by atoms with Gasteiger partial charge in [0.05, 0.1) is 16.6 Å². The Kier molecular flexibility index (Phi) is 4.04. The maximum absolute atomic E-state index is 12.3. The van der Waals surface area contributed by atoms with Crippen molar-refractivity contribution >= 4 is 28.1 Å². The quantitative estimate of drug-likeness (QED) is 0.874. The maximum atomic E-state index is 12.3. The fraction of sp³-hybridized carbons (Fsp3) is 0.143. The molecule has 1 unspecified atom stereocenters. The van der Waals surface area contributed by atoms with E-state index in [2.05, 4.69) is 0 Å². The van der Waals surface area contributed by atoms with Gasteiger partial charge >= 0.3 is 0 Å². The number of hydrogen-bond acceptors (Lipinski definition) is 2. The van der Waals surface area contributed by atoms with Gasteiger partial charge in [0.25, 0.3) is 0 Å². The van der Waals surface area contributed by atoms with Crippen molar-refractivity contribution in [1.29, 1.82) is 0 Å². The molecule has 0 fully saturated rings. The van der Waals surface area contributed by atoms with E-state index in [-0.39, 0.29) is 0 Å². The third kappa shape index (κ3) is 3.12. The predicted molar refractivity (Wildman–Crippen MR) is 77.2 cm³/mol. The summed E-state index contributed by atoms with van der Waals surface area (Å²) in [5.74, 6) is 0.474. The molecule has 0 spiro atoms. The lowest BCUT2D eigenvalue weighted by Crippen LogP contribution is -2.00. The Labute approximate surface area is 114 Å². The highest BCUT2D eigenvalue weighted by Crippen LogP contribution is 2.20. The number of halogens is 1. The first-order chi connectivity index (χ1) is 8.56. The van der Waals surface area contributed by atoms with Crippen LogP contribution in [0.5, 0.6) is 0 Å².